The Bertz CT molecular complexity index is 1880. The van der Waals surface area contributed by atoms with E-state index < -0.39 is 0 Å². The summed E-state index contributed by atoms with van der Waals surface area (Å²) in [6.07, 6.45) is 9.80. The van der Waals surface area contributed by atoms with Crippen molar-refractivity contribution in [1.29, 1.82) is 0 Å². The summed E-state index contributed by atoms with van der Waals surface area (Å²) in [5.41, 5.74) is 12.5. The lowest BCUT2D eigenvalue weighted by Gasteiger charge is -2.33. The fourth-order valence-electron chi connectivity index (χ4n) is 7.77. The first kappa shape index (κ1) is 35.7. The van der Waals surface area contributed by atoms with Gasteiger partial charge in [0, 0.05) is 24.6 Å². The molecule has 0 N–H and O–H groups in total. The van der Waals surface area contributed by atoms with Gasteiger partial charge in [0.15, 0.2) is 0 Å². The van der Waals surface area contributed by atoms with Crippen LogP contribution in [0.15, 0.2) is 151 Å². The van der Waals surface area contributed by atoms with Gasteiger partial charge in [-0.3, -0.25) is 0 Å². The molecule has 0 fully saturated rings. The lowest BCUT2D eigenvalue weighted by Crippen LogP contribution is -2.28. The molecular formula is C48H51NO2. The molecule has 5 aromatic rings. The molecular weight excluding hydrogens is 623 g/mol. The molecule has 0 aromatic heterocycles. The molecule has 51 heavy (non-hydrogen) atoms. The zero-order valence-electron chi connectivity index (χ0n) is 30.6. The number of hydrogen-bond acceptors (Lipinski definition) is 3. The van der Waals surface area contributed by atoms with Crippen LogP contribution < -0.4 is 0 Å². The predicted octanol–water partition coefficient (Wildman–Crippen LogP) is 11.5. The molecule has 0 radical (unpaired) electrons. The van der Waals surface area contributed by atoms with E-state index >= 15 is 0 Å². The summed E-state index contributed by atoms with van der Waals surface area (Å²) >= 11 is 0. The summed E-state index contributed by atoms with van der Waals surface area (Å²) in [6.45, 7) is 10.0. The van der Waals surface area contributed by atoms with Crippen molar-refractivity contribution < 1.29 is 9.53 Å². The molecule has 3 heteroatoms. The van der Waals surface area contributed by atoms with Crippen molar-refractivity contribution in [2.24, 2.45) is 0 Å². The fourth-order valence-corrected chi connectivity index (χ4v) is 7.77. The van der Waals surface area contributed by atoms with Crippen molar-refractivity contribution in [2.75, 3.05) is 13.2 Å². The number of rotatable bonds is 14. The van der Waals surface area contributed by atoms with Gasteiger partial charge in [-0.1, -0.05) is 133 Å². The maximum Gasteiger partial charge on any atom is 0.339 e. The molecule has 1 heterocycles. The van der Waals surface area contributed by atoms with Gasteiger partial charge in [-0.25, -0.2) is 4.79 Å². The number of hydrogen-bond donors (Lipinski definition) is 0. The molecule has 0 amide bonds. The van der Waals surface area contributed by atoms with Crippen molar-refractivity contribution in [3.8, 4) is 0 Å². The topological polar surface area (TPSA) is 29.5 Å². The smallest absolute Gasteiger partial charge is 0.339 e. The van der Waals surface area contributed by atoms with Gasteiger partial charge in [-0.05, 0) is 110 Å². The summed E-state index contributed by atoms with van der Waals surface area (Å²) in [6, 6.07) is 45.4. The normalized spacial score (nSPS) is 14.2. The summed E-state index contributed by atoms with van der Waals surface area (Å²) in [5, 5.41) is 0. The summed E-state index contributed by atoms with van der Waals surface area (Å²) in [4.78, 5) is 15.9. The maximum absolute atomic E-state index is 13.5. The monoisotopic (exact) mass is 673 g/mol. The van der Waals surface area contributed by atoms with Gasteiger partial charge < -0.3 is 9.64 Å². The Hall–Kier alpha value is -5.15. The zero-order chi connectivity index (χ0) is 35.6. The van der Waals surface area contributed by atoms with Gasteiger partial charge in [0.2, 0.25) is 0 Å². The van der Waals surface area contributed by atoms with Crippen LogP contribution in [0.4, 0.5) is 0 Å². The van der Waals surface area contributed by atoms with E-state index in [9.17, 15) is 4.79 Å². The lowest BCUT2D eigenvalue weighted by atomic mass is 9.83. The summed E-state index contributed by atoms with van der Waals surface area (Å²) in [7, 11) is 0. The molecule has 1 aliphatic heterocycles. The van der Waals surface area contributed by atoms with Crippen LogP contribution in [-0.4, -0.2) is 24.0 Å². The molecule has 5 aromatic carbocycles. The van der Waals surface area contributed by atoms with Gasteiger partial charge in [-0.15, -0.1) is 0 Å². The molecule has 3 nitrogen and oxygen atoms in total. The van der Waals surface area contributed by atoms with Gasteiger partial charge in [0.1, 0.15) is 0 Å². The Labute approximate surface area is 305 Å². The van der Waals surface area contributed by atoms with Crippen LogP contribution in [0.25, 0.3) is 0 Å². The molecule has 260 valence electrons. The Balaban J connectivity index is 1.14. The van der Waals surface area contributed by atoms with Gasteiger partial charge in [-0.2, -0.15) is 0 Å². The highest BCUT2D eigenvalue weighted by atomic mass is 16.5. The highest BCUT2D eigenvalue weighted by Gasteiger charge is 2.24. The van der Waals surface area contributed by atoms with E-state index in [1.165, 1.54) is 50.1 Å². The SMILES string of the molecule is Cc1ccccc1C(CCCOC(=O)C1=CN(CCCC(c2ccccc2C)c2ccccc2C)C(c2ccccc2)C=C1)c1ccccc1C. The molecule has 1 unspecified atom stereocenters. The van der Waals surface area contributed by atoms with E-state index in [0.717, 1.165) is 32.2 Å². The van der Waals surface area contributed by atoms with Crippen molar-refractivity contribution >= 4 is 5.97 Å². The number of aryl methyl sites for hydroxylation is 4. The molecule has 1 atom stereocenters. The van der Waals surface area contributed by atoms with Crippen LogP contribution in [0.3, 0.4) is 0 Å². The molecule has 0 aliphatic carbocycles. The first-order valence-corrected chi connectivity index (χ1v) is 18.5. The van der Waals surface area contributed by atoms with Gasteiger partial charge >= 0.3 is 5.97 Å². The molecule has 0 saturated carbocycles. The lowest BCUT2D eigenvalue weighted by molar-refractivity contribution is -0.138. The quantitative estimate of drug-likeness (QED) is 0.0868. The Morgan fingerprint density at radius 1 is 0.588 bits per heavy atom. The minimum atomic E-state index is -0.260. The average Bonchev–Trinajstić information content (AvgIpc) is 3.15. The highest BCUT2D eigenvalue weighted by molar-refractivity contribution is 5.91. The number of carbonyl (C=O) groups is 1. The standard InChI is InChI=1S/C48H51NO2/c1-35-18-8-12-24-41(35)45(42-25-13-9-19-36(42)2)28-16-32-49-34-40(30-31-47(49)39-22-6-5-7-23-39)48(50)51-33-17-29-46(43-26-14-10-20-37(43)3)44-27-15-11-21-38(44)4/h5-15,18-27,30-31,34,45-47H,16-17,28-29,32-33H2,1-4H3. The summed E-state index contributed by atoms with van der Waals surface area (Å²) in [5.74, 6) is 0.300. The van der Waals surface area contributed by atoms with Crippen LogP contribution >= 0.6 is 0 Å². The molecule has 6 rings (SSSR count). The van der Waals surface area contributed by atoms with E-state index in [2.05, 4.69) is 166 Å². The molecule has 0 bridgehead atoms. The largest absolute Gasteiger partial charge is 0.462 e. The van der Waals surface area contributed by atoms with E-state index in [1.54, 1.807) is 0 Å². The van der Waals surface area contributed by atoms with E-state index in [1.807, 2.05) is 12.3 Å². The first-order valence-electron chi connectivity index (χ1n) is 18.5. The third kappa shape index (κ3) is 8.78. The second-order valence-electron chi connectivity index (χ2n) is 14.0. The zero-order valence-corrected chi connectivity index (χ0v) is 30.6. The van der Waals surface area contributed by atoms with Gasteiger partial charge in [0.05, 0.1) is 18.2 Å². The molecule has 1 aliphatic rings. The van der Waals surface area contributed by atoms with Crippen LogP contribution in [0.2, 0.25) is 0 Å². The second-order valence-corrected chi connectivity index (χ2v) is 14.0. The third-order valence-electron chi connectivity index (χ3n) is 10.5. The van der Waals surface area contributed by atoms with Crippen molar-refractivity contribution in [2.45, 2.75) is 71.3 Å². The predicted molar refractivity (Wildman–Crippen MR) is 211 cm³/mol. The highest BCUT2D eigenvalue weighted by Crippen LogP contribution is 2.36. The Morgan fingerprint density at radius 3 is 1.49 bits per heavy atom. The molecule has 0 spiro atoms. The van der Waals surface area contributed by atoms with Crippen molar-refractivity contribution in [1.82, 2.24) is 4.90 Å². The van der Waals surface area contributed by atoms with Crippen LogP contribution in [0.1, 0.15) is 93.6 Å². The number of nitrogens with zero attached hydrogens (tertiary/aromatic N) is 1. The Morgan fingerprint density at radius 2 is 1.02 bits per heavy atom. The van der Waals surface area contributed by atoms with Crippen molar-refractivity contribution in [3.05, 3.63) is 201 Å². The number of benzene rings is 5. The Kier molecular flexibility index (Phi) is 12.0. The first-order chi connectivity index (χ1) is 24.9. The van der Waals surface area contributed by atoms with E-state index in [4.69, 9.17) is 4.74 Å². The van der Waals surface area contributed by atoms with E-state index in [0.29, 0.717) is 18.1 Å². The van der Waals surface area contributed by atoms with E-state index in [-0.39, 0.29) is 17.9 Å². The second kappa shape index (κ2) is 17.2. The third-order valence-corrected chi connectivity index (χ3v) is 10.5. The maximum atomic E-state index is 13.5. The minimum absolute atomic E-state index is 0.0575. The summed E-state index contributed by atoms with van der Waals surface area (Å²) < 4.78 is 5.95. The number of esters is 1. The van der Waals surface area contributed by atoms with Crippen LogP contribution in [-0.2, 0) is 9.53 Å². The fraction of sp³-hybridized carbons (Fsp3) is 0.271. The minimum Gasteiger partial charge on any atom is -0.462 e. The van der Waals surface area contributed by atoms with Crippen molar-refractivity contribution in [3.63, 3.8) is 0 Å². The molecule has 0 saturated heterocycles. The number of carbonyl (C=O) groups excluding carboxylic acids is 1. The van der Waals surface area contributed by atoms with Crippen LogP contribution in [0.5, 0.6) is 0 Å². The van der Waals surface area contributed by atoms with Gasteiger partial charge in [0.25, 0.3) is 0 Å². The van der Waals surface area contributed by atoms with Crippen LogP contribution in [0, 0.1) is 27.7 Å². The average molecular weight is 674 g/mol. The number of ether oxygens (including phenoxy) is 1.